The van der Waals surface area contributed by atoms with E-state index < -0.39 is 12.0 Å². The Balaban J connectivity index is 4.24. The molecule has 2 amide bonds. The molecule has 5 heteroatoms. The Morgan fingerprint density at radius 3 is 2.33 bits per heavy atom. The summed E-state index contributed by atoms with van der Waals surface area (Å²) in [7, 11) is 1.31. The van der Waals surface area contributed by atoms with E-state index in [0.717, 1.165) is 0 Å². The number of carbonyl (C=O) groups excluding carboxylic acids is 2. The maximum atomic E-state index is 11.3. The van der Waals surface area contributed by atoms with Crippen LogP contribution in [0.3, 0.4) is 0 Å². The fourth-order valence-corrected chi connectivity index (χ4v) is 1.20. The maximum absolute atomic E-state index is 11.3. The molecule has 2 N–H and O–H groups in total. The van der Waals surface area contributed by atoms with Crippen LogP contribution < -0.4 is 10.6 Å². The Kier molecular flexibility index (Phi) is 6.49. The molecule has 0 aliphatic rings. The molecule has 0 bridgehead atoms. The number of urea groups is 1. The van der Waals surface area contributed by atoms with Crippen molar-refractivity contribution in [2.75, 3.05) is 13.7 Å². The molecule has 0 aromatic carbocycles. The standard InChI is InChI=1S/C10H20N2O3/c1-5-11-10(14)12-8(6-7(2)3)9(13)15-4/h7-8H,5-6H2,1-4H3,(H2,11,12,14). The average molecular weight is 216 g/mol. The van der Waals surface area contributed by atoms with Gasteiger partial charge in [-0.2, -0.15) is 0 Å². The van der Waals surface area contributed by atoms with Crippen LogP contribution in [0.5, 0.6) is 0 Å². The largest absolute Gasteiger partial charge is 0.467 e. The molecule has 0 saturated carbocycles. The van der Waals surface area contributed by atoms with Crippen LogP contribution in [-0.2, 0) is 9.53 Å². The second kappa shape index (κ2) is 7.09. The Labute approximate surface area is 90.6 Å². The van der Waals surface area contributed by atoms with Crippen molar-refractivity contribution in [3.8, 4) is 0 Å². The number of hydrogen-bond acceptors (Lipinski definition) is 3. The molecule has 1 atom stereocenters. The minimum absolute atomic E-state index is 0.316. The Hall–Kier alpha value is -1.26. The van der Waals surface area contributed by atoms with Crippen LogP contribution in [0, 0.1) is 5.92 Å². The molecule has 0 spiro atoms. The van der Waals surface area contributed by atoms with Gasteiger partial charge in [0.1, 0.15) is 6.04 Å². The molecule has 0 radical (unpaired) electrons. The first-order valence-electron chi connectivity index (χ1n) is 5.13. The van der Waals surface area contributed by atoms with Crippen LogP contribution in [0.4, 0.5) is 4.79 Å². The Bertz CT molecular complexity index is 217. The summed E-state index contributed by atoms with van der Waals surface area (Å²) < 4.78 is 4.61. The molecular weight excluding hydrogens is 196 g/mol. The van der Waals surface area contributed by atoms with Gasteiger partial charge in [-0.3, -0.25) is 0 Å². The predicted molar refractivity (Wildman–Crippen MR) is 57.5 cm³/mol. The van der Waals surface area contributed by atoms with Crippen molar-refractivity contribution < 1.29 is 14.3 Å². The maximum Gasteiger partial charge on any atom is 0.328 e. The lowest BCUT2D eigenvalue weighted by atomic mass is 10.0. The van der Waals surface area contributed by atoms with Gasteiger partial charge in [0, 0.05) is 6.54 Å². The quantitative estimate of drug-likeness (QED) is 0.671. The van der Waals surface area contributed by atoms with E-state index in [1.807, 2.05) is 20.8 Å². The van der Waals surface area contributed by atoms with Gasteiger partial charge in [-0.15, -0.1) is 0 Å². The highest BCUT2D eigenvalue weighted by Crippen LogP contribution is 2.05. The summed E-state index contributed by atoms with van der Waals surface area (Å²) >= 11 is 0. The number of nitrogens with one attached hydrogen (secondary N) is 2. The zero-order valence-corrected chi connectivity index (χ0v) is 9.79. The fraction of sp³-hybridized carbons (Fsp3) is 0.800. The Morgan fingerprint density at radius 2 is 1.93 bits per heavy atom. The molecule has 88 valence electrons. The number of carbonyl (C=O) groups is 2. The third-order valence-electron chi connectivity index (χ3n) is 1.84. The summed E-state index contributed by atoms with van der Waals surface area (Å²) in [4.78, 5) is 22.5. The zero-order valence-electron chi connectivity index (χ0n) is 9.79. The van der Waals surface area contributed by atoms with Gasteiger partial charge in [-0.05, 0) is 19.3 Å². The van der Waals surface area contributed by atoms with Gasteiger partial charge in [0.2, 0.25) is 0 Å². The van der Waals surface area contributed by atoms with Crippen LogP contribution in [0.2, 0.25) is 0 Å². The average Bonchev–Trinajstić information content (AvgIpc) is 2.15. The van der Waals surface area contributed by atoms with Crippen LogP contribution in [0.25, 0.3) is 0 Å². The summed E-state index contributed by atoms with van der Waals surface area (Å²) in [5.74, 6) is -0.0917. The van der Waals surface area contributed by atoms with Crippen LogP contribution in [-0.4, -0.2) is 31.7 Å². The van der Waals surface area contributed by atoms with Crippen molar-refractivity contribution in [3.63, 3.8) is 0 Å². The molecule has 1 unspecified atom stereocenters. The summed E-state index contributed by atoms with van der Waals surface area (Å²) in [6.07, 6.45) is 0.573. The van der Waals surface area contributed by atoms with Crippen LogP contribution in [0.15, 0.2) is 0 Å². The lowest BCUT2D eigenvalue weighted by Crippen LogP contribution is -2.46. The van der Waals surface area contributed by atoms with E-state index in [9.17, 15) is 9.59 Å². The van der Waals surface area contributed by atoms with E-state index >= 15 is 0 Å². The highest BCUT2D eigenvalue weighted by molar-refractivity contribution is 5.83. The lowest BCUT2D eigenvalue weighted by molar-refractivity contribution is -0.143. The number of ether oxygens (including phenoxy) is 1. The van der Waals surface area contributed by atoms with E-state index in [1.165, 1.54) is 7.11 Å². The summed E-state index contributed by atoms with van der Waals surface area (Å²) in [5, 5.41) is 5.15. The monoisotopic (exact) mass is 216 g/mol. The summed E-state index contributed by atoms with van der Waals surface area (Å²) in [6.45, 7) is 6.31. The molecule has 0 rings (SSSR count). The van der Waals surface area contributed by atoms with Gasteiger partial charge in [-0.1, -0.05) is 13.8 Å². The summed E-state index contributed by atoms with van der Waals surface area (Å²) in [6, 6.07) is -0.907. The van der Waals surface area contributed by atoms with E-state index in [1.54, 1.807) is 0 Å². The summed E-state index contributed by atoms with van der Waals surface area (Å²) in [5.41, 5.74) is 0. The molecule has 0 saturated heterocycles. The zero-order chi connectivity index (χ0) is 11.8. The minimum atomic E-state index is -0.568. The van der Waals surface area contributed by atoms with Crippen molar-refractivity contribution in [2.24, 2.45) is 5.92 Å². The highest BCUT2D eigenvalue weighted by atomic mass is 16.5. The van der Waals surface area contributed by atoms with Gasteiger partial charge < -0.3 is 15.4 Å². The fourth-order valence-electron chi connectivity index (χ4n) is 1.20. The smallest absolute Gasteiger partial charge is 0.328 e. The van der Waals surface area contributed by atoms with Gasteiger partial charge in [-0.25, -0.2) is 9.59 Å². The van der Waals surface area contributed by atoms with E-state index in [0.29, 0.717) is 18.9 Å². The topological polar surface area (TPSA) is 67.4 Å². The number of methoxy groups -OCH3 is 1. The first kappa shape index (κ1) is 13.7. The molecule has 5 nitrogen and oxygen atoms in total. The molecule has 0 aromatic rings. The minimum Gasteiger partial charge on any atom is -0.467 e. The molecule has 0 fully saturated rings. The normalized spacial score (nSPS) is 12.1. The van der Waals surface area contributed by atoms with E-state index in [-0.39, 0.29) is 6.03 Å². The number of rotatable bonds is 5. The van der Waals surface area contributed by atoms with Crippen molar-refractivity contribution in [1.29, 1.82) is 0 Å². The number of hydrogen-bond donors (Lipinski definition) is 2. The lowest BCUT2D eigenvalue weighted by Gasteiger charge is -2.18. The molecule has 0 aliphatic carbocycles. The molecular formula is C10H20N2O3. The third-order valence-corrected chi connectivity index (χ3v) is 1.84. The van der Waals surface area contributed by atoms with Crippen molar-refractivity contribution in [2.45, 2.75) is 33.2 Å². The van der Waals surface area contributed by atoms with E-state index in [4.69, 9.17) is 0 Å². The Morgan fingerprint density at radius 1 is 1.33 bits per heavy atom. The van der Waals surface area contributed by atoms with Gasteiger partial charge in [0.15, 0.2) is 0 Å². The first-order chi connectivity index (χ1) is 7.01. The highest BCUT2D eigenvalue weighted by Gasteiger charge is 2.21. The second-order valence-electron chi connectivity index (χ2n) is 3.71. The second-order valence-corrected chi connectivity index (χ2v) is 3.71. The molecule has 15 heavy (non-hydrogen) atoms. The predicted octanol–water partition coefficient (Wildman–Crippen LogP) is 0.893. The van der Waals surface area contributed by atoms with Gasteiger partial charge in [0.25, 0.3) is 0 Å². The van der Waals surface area contributed by atoms with Crippen LogP contribution in [0.1, 0.15) is 27.2 Å². The molecule has 0 aromatic heterocycles. The number of esters is 1. The van der Waals surface area contributed by atoms with Gasteiger partial charge in [0.05, 0.1) is 7.11 Å². The van der Waals surface area contributed by atoms with Gasteiger partial charge >= 0.3 is 12.0 Å². The van der Waals surface area contributed by atoms with Crippen molar-refractivity contribution >= 4 is 12.0 Å². The molecule has 0 aliphatic heterocycles. The van der Waals surface area contributed by atoms with E-state index in [2.05, 4.69) is 15.4 Å². The number of amides is 2. The van der Waals surface area contributed by atoms with Crippen LogP contribution >= 0.6 is 0 Å². The first-order valence-corrected chi connectivity index (χ1v) is 5.13. The third kappa shape index (κ3) is 5.93. The van der Waals surface area contributed by atoms with Crippen molar-refractivity contribution in [3.05, 3.63) is 0 Å². The van der Waals surface area contributed by atoms with Crippen molar-refractivity contribution in [1.82, 2.24) is 10.6 Å². The SMILES string of the molecule is CCNC(=O)NC(CC(C)C)C(=O)OC. The molecule has 0 heterocycles.